The highest BCUT2D eigenvalue weighted by atomic mass is 32.2. The third kappa shape index (κ3) is 6.98. The van der Waals surface area contributed by atoms with Crippen molar-refractivity contribution in [3.05, 3.63) is 89.7 Å². The van der Waals surface area contributed by atoms with Crippen LogP contribution >= 0.6 is 0 Å². The van der Waals surface area contributed by atoms with Gasteiger partial charge in [0.2, 0.25) is 10.0 Å². The number of nitrogens with zero attached hydrogens (tertiary/aromatic N) is 1. The maximum Gasteiger partial charge on any atom is 0.416 e. The van der Waals surface area contributed by atoms with E-state index in [4.69, 9.17) is 0 Å². The lowest BCUT2D eigenvalue weighted by Crippen LogP contribution is -2.28. The summed E-state index contributed by atoms with van der Waals surface area (Å²) in [5.41, 5.74) is 0.609. The number of carbonyl (C=O) groups is 1. The number of nitrogens with one attached hydrogen (secondary N) is 3. The molecule has 2 amide bonds. The SMILES string of the molecule is O=C(NCc1ccncc1)Nc1ccc(NS(=O)(=O)Cc2cccc(C(F)(F)F)c2)cc1. The number of anilines is 2. The Kier molecular flexibility index (Phi) is 6.98. The molecule has 1 heterocycles. The van der Waals surface area contributed by atoms with Gasteiger partial charge in [-0.25, -0.2) is 13.2 Å². The van der Waals surface area contributed by atoms with E-state index in [0.29, 0.717) is 12.2 Å². The molecule has 0 fully saturated rings. The smallest absolute Gasteiger partial charge is 0.334 e. The molecule has 11 heteroatoms. The van der Waals surface area contributed by atoms with E-state index >= 15 is 0 Å². The molecule has 168 valence electrons. The summed E-state index contributed by atoms with van der Waals surface area (Å²) in [6.45, 7) is 0.307. The summed E-state index contributed by atoms with van der Waals surface area (Å²) in [6, 6.07) is 13.1. The van der Waals surface area contributed by atoms with Crippen LogP contribution in [0.15, 0.2) is 73.1 Å². The number of urea groups is 1. The number of sulfonamides is 1. The largest absolute Gasteiger partial charge is 0.416 e. The highest BCUT2D eigenvalue weighted by Crippen LogP contribution is 2.30. The average Bonchev–Trinajstić information content (AvgIpc) is 2.73. The van der Waals surface area contributed by atoms with Crippen LogP contribution in [0.25, 0.3) is 0 Å². The zero-order valence-electron chi connectivity index (χ0n) is 16.6. The topological polar surface area (TPSA) is 100 Å². The summed E-state index contributed by atoms with van der Waals surface area (Å²) in [6.07, 6.45) is -1.33. The Morgan fingerprint density at radius 2 is 1.56 bits per heavy atom. The Bertz CT molecular complexity index is 1170. The van der Waals surface area contributed by atoms with Crippen LogP contribution in [0.5, 0.6) is 0 Å². The van der Waals surface area contributed by atoms with Gasteiger partial charge in [0.1, 0.15) is 0 Å². The molecular weight excluding hydrogens is 445 g/mol. The van der Waals surface area contributed by atoms with Crippen LogP contribution in [0.4, 0.5) is 29.3 Å². The molecule has 0 atom stereocenters. The third-order valence-corrected chi connectivity index (χ3v) is 5.49. The quantitative estimate of drug-likeness (QED) is 0.484. The minimum Gasteiger partial charge on any atom is -0.334 e. The molecule has 7 nitrogen and oxygen atoms in total. The molecule has 0 spiro atoms. The summed E-state index contributed by atoms with van der Waals surface area (Å²) in [5, 5.41) is 5.29. The average molecular weight is 464 g/mol. The van der Waals surface area contributed by atoms with Gasteiger partial charge in [-0.2, -0.15) is 13.2 Å². The minimum absolute atomic E-state index is 0.0106. The van der Waals surface area contributed by atoms with E-state index < -0.39 is 33.5 Å². The number of hydrogen-bond donors (Lipinski definition) is 3. The van der Waals surface area contributed by atoms with E-state index in [9.17, 15) is 26.4 Å². The van der Waals surface area contributed by atoms with Crippen molar-refractivity contribution in [3.8, 4) is 0 Å². The molecule has 2 aromatic carbocycles. The number of halogens is 3. The van der Waals surface area contributed by atoms with Crippen molar-refractivity contribution in [1.82, 2.24) is 10.3 Å². The number of rotatable bonds is 7. The van der Waals surface area contributed by atoms with E-state index in [-0.39, 0.29) is 11.3 Å². The van der Waals surface area contributed by atoms with Gasteiger partial charge in [0, 0.05) is 30.3 Å². The van der Waals surface area contributed by atoms with E-state index in [1.807, 2.05) is 0 Å². The minimum atomic E-state index is -4.55. The van der Waals surface area contributed by atoms with Crippen molar-refractivity contribution in [2.45, 2.75) is 18.5 Å². The van der Waals surface area contributed by atoms with Gasteiger partial charge in [0.05, 0.1) is 11.3 Å². The number of aromatic nitrogens is 1. The third-order valence-electron chi connectivity index (χ3n) is 4.23. The van der Waals surface area contributed by atoms with Gasteiger partial charge in [0.15, 0.2) is 0 Å². The lowest BCUT2D eigenvalue weighted by Gasteiger charge is -2.12. The van der Waals surface area contributed by atoms with Gasteiger partial charge >= 0.3 is 12.2 Å². The van der Waals surface area contributed by atoms with Crippen LogP contribution < -0.4 is 15.4 Å². The van der Waals surface area contributed by atoms with E-state index in [2.05, 4.69) is 20.3 Å². The number of carbonyl (C=O) groups excluding carboxylic acids is 1. The van der Waals surface area contributed by atoms with E-state index in [0.717, 1.165) is 23.8 Å². The predicted molar refractivity (Wildman–Crippen MR) is 114 cm³/mol. The summed E-state index contributed by atoms with van der Waals surface area (Å²) in [5.74, 6) is -0.617. The number of amides is 2. The first-order valence-electron chi connectivity index (χ1n) is 9.31. The number of alkyl halides is 3. The second kappa shape index (κ2) is 9.69. The van der Waals surface area contributed by atoms with Gasteiger partial charge in [-0.1, -0.05) is 18.2 Å². The number of pyridine rings is 1. The molecule has 0 radical (unpaired) electrons. The molecule has 0 aliphatic heterocycles. The van der Waals surface area contributed by atoms with Crippen molar-refractivity contribution in [1.29, 1.82) is 0 Å². The zero-order valence-corrected chi connectivity index (χ0v) is 17.4. The Hall–Kier alpha value is -3.60. The highest BCUT2D eigenvalue weighted by molar-refractivity contribution is 7.91. The number of hydrogen-bond acceptors (Lipinski definition) is 4. The molecule has 3 rings (SSSR count). The van der Waals surface area contributed by atoms with Crippen LogP contribution in [0.3, 0.4) is 0 Å². The van der Waals surface area contributed by atoms with Crippen molar-refractivity contribution in [3.63, 3.8) is 0 Å². The van der Waals surface area contributed by atoms with Crippen molar-refractivity contribution in [2.75, 3.05) is 10.0 Å². The second-order valence-corrected chi connectivity index (χ2v) is 8.52. The molecular formula is C21H19F3N4O3S. The summed E-state index contributed by atoms with van der Waals surface area (Å²) in [7, 11) is -3.95. The Morgan fingerprint density at radius 3 is 2.22 bits per heavy atom. The van der Waals surface area contributed by atoms with Crippen LogP contribution in [0, 0.1) is 0 Å². The molecule has 0 saturated heterocycles. The van der Waals surface area contributed by atoms with Gasteiger partial charge in [-0.15, -0.1) is 0 Å². The molecule has 3 N–H and O–H groups in total. The Balaban J connectivity index is 1.56. The normalized spacial score (nSPS) is 11.6. The van der Waals surface area contributed by atoms with E-state index in [1.165, 1.54) is 30.3 Å². The van der Waals surface area contributed by atoms with Crippen molar-refractivity contribution >= 4 is 27.4 Å². The Morgan fingerprint density at radius 1 is 0.906 bits per heavy atom. The second-order valence-electron chi connectivity index (χ2n) is 6.80. The van der Waals surface area contributed by atoms with Crippen molar-refractivity contribution in [2.24, 2.45) is 0 Å². The molecule has 3 aromatic rings. The zero-order chi connectivity index (χ0) is 23.2. The predicted octanol–water partition coefficient (Wildman–Crippen LogP) is 4.36. The molecule has 0 aliphatic carbocycles. The summed E-state index contributed by atoms with van der Waals surface area (Å²) in [4.78, 5) is 15.9. The summed E-state index contributed by atoms with van der Waals surface area (Å²) < 4.78 is 65.4. The first-order chi connectivity index (χ1) is 15.1. The molecule has 0 saturated carbocycles. The van der Waals surface area contributed by atoms with Gasteiger partial charge in [-0.3, -0.25) is 9.71 Å². The maximum absolute atomic E-state index is 12.8. The molecule has 0 unspecified atom stereocenters. The van der Waals surface area contributed by atoms with Gasteiger partial charge < -0.3 is 10.6 Å². The highest BCUT2D eigenvalue weighted by Gasteiger charge is 2.30. The lowest BCUT2D eigenvalue weighted by molar-refractivity contribution is -0.137. The Labute approximate surface area is 182 Å². The van der Waals surface area contributed by atoms with Gasteiger partial charge in [0.25, 0.3) is 0 Å². The molecule has 32 heavy (non-hydrogen) atoms. The monoisotopic (exact) mass is 464 g/mol. The van der Waals surface area contributed by atoms with Crippen LogP contribution in [-0.4, -0.2) is 19.4 Å². The molecule has 0 bridgehead atoms. The van der Waals surface area contributed by atoms with Crippen LogP contribution in [0.2, 0.25) is 0 Å². The van der Waals surface area contributed by atoms with Crippen LogP contribution in [0.1, 0.15) is 16.7 Å². The lowest BCUT2D eigenvalue weighted by atomic mass is 10.1. The molecule has 1 aromatic heterocycles. The maximum atomic E-state index is 12.8. The standard InChI is InChI=1S/C21H19F3N4O3S/c22-21(23,24)17-3-1-2-16(12-17)14-32(30,31)28-19-6-4-18(5-7-19)27-20(29)26-13-15-8-10-25-11-9-15/h1-12,28H,13-14H2,(H2,26,27,29). The van der Waals surface area contributed by atoms with Crippen LogP contribution in [-0.2, 0) is 28.5 Å². The first kappa shape index (κ1) is 23.1. The van der Waals surface area contributed by atoms with E-state index in [1.54, 1.807) is 24.5 Å². The summed E-state index contributed by atoms with van der Waals surface area (Å²) >= 11 is 0. The number of benzene rings is 2. The molecule has 0 aliphatic rings. The van der Waals surface area contributed by atoms with Crippen molar-refractivity contribution < 1.29 is 26.4 Å². The fourth-order valence-electron chi connectivity index (χ4n) is 2.75. The fraction of sp³-hybridized carbons (Fsp3) is 0.143. The first-order valence-corrected chi connectivity index (χ1v) is 11.0. The van der Waals surface area contributed by atoms with Gasteiger partial charge in [-0.05, 0) is 53.6 Å². The fourth-order valence-corrected chi connectivity index (χ4v) is 3.94.